The number of hydrogen-bond acceptors (Lipinski definition) is 6. The molecular weight excluding hydrogens is 362 g/mol. The lowest BCUT2D eigenvalue weighted by Gasteiger charge is -2.35. The fraction of sp³-hybridized carbons (Fsp3) is 0.650. The van der Waals surface area contributed by atoms with Crippen LogP contribution in [0.15, 0.2) is 18.2 Å². The molecule has 0 spiro atoms. The Morgan fingerprint density at radius 2 is 1.71 bits per heavy atom. The van der Waals surface area contributed by atoms with Gasteiger partial charge in [-0.1, -0.05) is 0 Å². The highest BCUT2D eigenvalue weighted by Gasteiger charge is 2.33. The van der Waals surface area contributed by atoms with Crippen molar-refractivity contribution in [3.05, 3.63) is 33.9 Å². The van der Waals surface area contributed by atoms with Gasteiger partial charge in [-0.15, -0.1) is 0 Å². The molecule has 0 atom stereocenters. The number of benzene rings is 1. The second-order valence-electron chi connectivity index (χ2n) is 7.75. The zero-order chi connectivity index (χ0) is 19.5. The molecule has 0 saturated carbocycles. The van der Waals surface area contributed by atoms with Crippen molar-refractivity contribution in [2.45, 2.75) is 38.4 Å². The number of carbonyl (C=O) groups excluding carboxylic acids is 1. The summed E-state index contributed by atoms with van der Waals surface area (Å²) in [5.74, 6) is 0.189. The summed E-state index contributed by atoms with van der Waals surface area (Å²) in [6.07, 6.45) is 4.84. The van der Waals surface area contributed by atoms with E-state index in [0.717, 1.165) is 44.5 Å². The first kappa shape index (κ1) is 19.1. The van der Waals surface area contributed by atoms with E-state index in [2.05, 4.69) is 4.90 Å². The van der Waals surface area contributed by atoms with Gasteiger partial charge >= 0.3 is 0 Å². The van der Waals surface area contributed by atoms with Crippen LogP contribution in [0.5, 0.6) is 0 Å². The summed E-state index contributed by atoms with van der Waals surface area (Å²) in [7, 11) is 0. The number of amides is 1. The molecule has 1 aromatic carbocycles. The van der Waals surface area contributed by atoms with Crippen molar-refractivity contribution in [3.63, 3.8) is 0 Å². The van der Waals surface area contributed by atoms with E-state index in [9.17, 15) is 14.9 Å². The number of hydrogen-bond donors (Lipinski definition) is 0. The van der Waals surface area contributed by atoms with E-state index in [-0.39, 0.29) is 17.9 Å². The third kappa shape index (κ3) is 3.98. The molecule has 0 radical (unpaired) electrons. The highest BCUT2D eigenvalue weighted by Crippen LogP contribution is 2.31. The Morgan fingerprint density at radius 1 is 1.04 bits per heavy atom. The van der Waals surface area contributed by atoms with Gasteiger partial charge in [0.1, 0.15) is 0 Å². The first-order valence-corrected chi connectivity index (χ1v) is 10.2. The zero-order valence-corrected chi connectivity index (χ0v) is 16.0. The molecule has 1 aromatic rings. The molecule has 3 heterocycles. The summed E-state index contributed by atoms with van der Waals surface area (Å²) >= 11 is 0. The van der Waals surface area contributed by atoms with E-state index in [0.29, 0.717) is 37.8 Å². The number of anilines is 1. The number of likely N-dealkylation sites (tertiary alicyclic amines) is 1. The molecule has 0 aliphatic carbocycles. The molecule has 0 unspecified atom stereocenters. The van der Waals surface area contributed by atoms with Crippen LogP contribution in [-0.4, -0.2) is 61.4 Å². The van der Waals surface area contributed by atoms with Crippen LogP contribution in [0, 0.1) is 16.0 Å². The fourth-order valence-electron chi connectivity index (χ4n) is 4.41. The minimum atomic E-state index is -0.433. The van der Waals surface area contributed by atoms with Crippen molar-refractivity contribution >= 4 is 17.3 Å². The predicted molar refractivity (Wildman–Crippen MR) is 103 cm³/mol. The van der Waals surface area contributed by atoms with Crippen molar-refractivity contribution in [3.8, 4) is 0 Å². The summed E-state index contributed by atoms with van der Waals surface area (Å²) in [6, 6.07) is 4.69. The van der Waals surface area contributed by atoms with Gasteiger partial charge in [-0.25, -0.2) is 0 Å². The smallest absolute Gasteiger partial charge is 0.270 e. The van der Waals surface area contributed by atoms with Crippen LogP contribution in [0.4, 0.5) is 11.4 Å². The maximum atomic E-state index is 13.3. The lowest BCUT2D eigenvalue weighted by atomic mass is 9.95. The SMILES string of the molecule is O=C(c1cc([N+](=O)[O-])ccc1N1CCCCC1)N1CCC(C2OCCO2)CC1. The minimum absolute atomic E-state index is 0.0354. The van der Waals surface area contributed by atoms with E-state index in [1.807, 2.05) is 4.90 Å². The van der Waals surface area contributed by atoms with Gasteiger partial charge < -0.3 is 19.3 Å². The molecule has 0 bridgehead atoms. The molecule has 3 saturated heterocycles. The predicted octanol–water partition coefficient (Wildman–Crippen LogP) is 2.81. The topological polar surface area (TPSA) is 85.2 Å². The Kier molecular flexibility index (Phi) is 5.77. The van der Waals surface area contributed by atoms with Crippen molar-refractivity contribution in [1.82, 2.24) is 4.90 Å². The highest BCUT2D eigenvalue weighted by atomic mass is 16.7. The zero-order valence-electron chi connectivity index (χ0n) is 16.0. The van der Waals surface area contributed by atoms with E-state index in [1.165, 1.54) is 18.6 Å². The third-order valence-corrected chi connectivity index (χ3v) is 5.98. The summed E-state index contributed by atoms with van der Waals surface area (Å²) in [6.45, 7) is 4.28. The number of nitro groups is 1. The van der Waals surface area contributed by atoms with Gasteiger partial charge in [0.05, 0.1) is 29.4 Å². The number of piperidine rings is 2. The van der Waals surface area contributed by atoms with Gasteiger partial charge in [0.2, 0.25) is 0 Å². The molecule has 8 nitrogen and oxygen atoms in total. The second kappa shape index (κ2) is 8.45. The normalized spacial score (nSPS) is 21.9. The molecule has 152 valence electrons. The van der Waals surface area contributed by atoms with E-state index in [1.54, 1.807) is 6.07 Å². The highest BCUT2D eigenvalue weighted by molar-refractivity contribution is 6.00. The number of nitro benzene ring substituents is 1. The number of nitrogens with zero attached hydrogens (tertiary/aromatic N) is 3. The molecule has 4 rings (SSSR count). The standard InChI is InChI=1S/C20H27N3O5/c24-19(22-10-6-15(7-11-22)20-27-12-13-28-20)17-14-16(23(25)26)4-5-18(17)21-8-2-1-3-9-21/h4-5,14-15,20H,1-3,6-13H2. The van der Waals surface area contributed by atoms with Crippen LogP contribution in [0.25, 0.3) is 0 Å². The Hall–Kier alpha value is -2.19. The Bertz CT molecular complexity index is 721. The van der Waals surface area contributed by atoms with Gasteiger partial charge in [-0.2, -0.15) is 0 Å². The van der Waals surface area contributed by atoms with Gasteiger partial charge in [-0.3, -0.25) is 14.9 Å². The quantitative estimate of drug-likeness (QED) is 0.581. The largest absolute Gasteiger partial charge is 0.371 e. The van der Waals surface area contributed by atoms with E-state index >= 15 is 0 Å². The molecule has 3 aliphatic rings. The lowest BCUT2D eigenvalue weighted by Crippen LogP contribution is -2.42. The van der Waals surface area contributed by atoms with Gasteiger partial charge in [0.25, 0.3) is 11.6 Å². The number of ether oxygens (including phenoxy) is 2. The average molecular weight is 389 g/mol. The van der Waals surface area contributed by atoms with Crippen molar-refractivity contribution in [1.29, 1.82) is 0 Å². The first-order chi connectivity index (χ1) is 13.6. The first-order valence-electron chi connectivity index (χ1n) is 10.2. The number of rotatable bonds is 4. The van der Waals surface area contributed by atoms with E-state index in [4.69, 9.17) is 9.47 Å². The minimum Gasteiger partial charge on any atom is -0.371 e. The fourth-order valence-corrected chi connectivity index (χ4v) is 4.41. The van der Waals surface area contributed by atoms with Gasteiger partial charge in [0.15, 0.2) is 6.29 Å². The number of carbonyl (C=O) groups is 1. The summed E-state index contributed by atoms with van der Waals surface area (Å²) in [5.41, 5.74) is 1.23. The maximum absolute atomic E-state index is 13.3. The summed E-state index contributed by atoms with van der Waals surface area (Å²) in [4.78, 5) is 28.1. The molecule has 0 aromatic heterocycles. The monoisotopic (exact) mass is 389 g/mol. The Balaban J connectivity index is 1.52. The van der Waals surface area contributed by atoms with Gasteiger partial charge in [0, 0.05) is 44.2 Å². The van der Waals surface area contributed by atoms with Crippen LogP contribution < -0.4 is 4.90 Å². The molecule has 3 aliphatic heterocycles. The van der Waals surface area contributed by atoms with Crippen LogP contribution in [0.1, 0.15) is 42.5 Å². The molecule has 8 heteroatoms. The molecule has 28 heavy (non-hydrogen) atoms. The van der Waals surface area contributed by atoms with Crippen molar-refractivity contribution < 1.29 is 19.2 Å². The average Bonchev–Trinajstić information content (AvgIpc) is 3.28. The Morgan fingerprint density at radius 3 is 2.36 bits per heavy atom. The maximum Gasteiger partial charge on any atom is 0.270 e. The lowest BCUT2D eigenvalue weighted by molar-refractivity contribution is -0.384. The van der Waals surface area contributed by atoms with Crippen molar-refractivity contribution in [2.75, 3.05) is 44.3 Å². The summed E-state index contributed by atoms with van der Waals surface area (Å²) < 4.78 is 11.2. The molecule has 0 N–H and O–H groups in total. The van der Waals surface area contributed by atoms with Gasteiger partial charge in [-0.05, 0) is 38.2 Å². The molecule has 3 fully saturated rings. The van der Waals surface area contributed by atoms with Crippen LogP contribution in [0.2, 0.25) is 0 Å². The van der Waals surface area contributed by atoms with Crippen molar-refractivity contribution in [2.24, 2.45) is 5.92 Å². The second-order valence-corrected chi connectivity index (χ2v) is 7.75. The number of non-ortho nitro benzene ring substituents is 1. The summed E-state index contributed by atoms with van der Waals surface area (Å²) in [5, 5.41) is 11.3. The third-order valence-electron chi connectivity index (χ3n) is 5.98. The van der Waals surface area contributed by atoms with E-state index < -0.39 is 4.92 Å². The van der Waals surface area contributed by atoms with Crippen LogP contribution in [-0.2, 0) is 9.47 Å². The van der Waals surface area contributed by atoms with Crippen LogP contribution >= 0.6 is 0 Å². The molecule has 1 amide bonds. The molecular formula is C20H27N3O5. The van der Waals surface area contributed by atoms with Crippen LogP contribution in [0.3, 0.4) is 0 Å². The Labute approximate surface area is 164 Å².